The summed E-state index contributed by atoms with van der Waals surface area (Å²) in [6.07, 6.45) is 1.07. The number of hydrogen-bond donors (Lipinski definition) is 1. The largest absolute Gasteiger partial charge is 0.352 e. The molecule has 2 aromatic rings. The lowest BCUT2D eigenvalue weighted by Crippen LogP contribution is -2.52. The molecule has 2 rings (SSSR count). The maximum Gasteiger partial charge on any atom is 0.244 e. The fraction of sp³-hybridized carbons (Fsp3) is 0.391. The summed E-state index contributed by atoms with van der Waals surface area (Å²) in [5.41, 5.74) is 2.30. The number of nitrogens with zero attached hydrogens (tertiary/aromatic N) is 2. The van der Waals surface area contributed by atoms with Crippen molar-refractivity contribution >= 4 is 50.1 Å². The van der Waals surface area contributed by atoms with Gasteiger partial charge in [-0.25, -0.2) is 8.42 Å². The van der Waals surface area contributed by atoms with Gasteiger partial charge in [0.05, 0.1) is 11.9 Å². The van der Waals surface area contributed by atoms with Crippen molar-refractivity contribution in [1.29, 1.82) is 0 Å². The zero-order valence-electron chi connectivity index (χ0n) is 19.0. The van der Waals surface area contributed by atoms with Crippen LogP contribution in [-0.2, 0) is 26.2 Å². The molecule has 0 aliphatic rings. The second-order valence-electron chi connectivity index (χ2n) is 8.10. The normalized spacial score (nSPS) is 12.3. The zero-order chi connectivity index (χ0) is 24.1. The Bertz CT molecular complexity index is 1060. The Balaban J connectivity index is 2.38. The van der Waals surface area contributed by atoms with Gasteiger partial charge in [-0.15, -0.1) is 0 Å². The molecular formula is C23H30IN3O4S. The minimum Gasteiger partial charge on any atom is -0.352 e. The minimum absolute atomic E-state index is 0.0832. The van der Waals surface area contributed by atoms with E-state index in [4.69, 9.17) is 0 Å². The van der Waals surface area contributed by atoms with Crippen LogP contribution in [0.5, 0.6) is 0 Å². The molecule has 0 saturated carbocycles. The first-order chi connectivity index (χ1) is 14.9. The standard InChI is InChI=1S/C23H30IN3O4S/c1-16(2)25-23(29)18(4)26(14-19-8-6-7-17(3)13-19)22(28)15-27(32(5,30)31)21-11-9-20(24)10-12-21/h6-13,16,18H,14-15H2,1-5H3,(H,25,29)/t18-/m0/s1. The summed E-state index contributed by atoms with van der Waals surface area (Å²) in [5.74, 6) is -0.747. The summed E-state index contributed by atoms with van der Waals surface area (Å²) in [5, 5.41) is 2.83. The van der Waals surface area contributed by atoms with E-state index in [1.807, 2.05) is 45.0 Å². The molecule has 0 heterocycles. The Morgan fingerprint density at radius 3 is 2.22 bits per heavy atom. The van der Waals surface area contributed by atoms with Crippen LogP contribution in [0.25, 0.3) is 0 Å². The van der Waals surface area contributed by atoms with Crippen molar-refractivity contribution in [1.82, 2.24) is 10.2 Å². The molecule has 0 bridgehead atoms. The first-order valence-corrected chi connectivity index (χ1v) is 13.2. The molecule has 0 saturated heterocycles. The number of rotatable bonds is 9. The quantitative estimate of drug-likeness (QED) is 0.468. The third-order valence-corrected chi connectivity index (χ3v) is 6.69. The molecule has 1 atom stereocenters. The van der Waals surface area contributed by atoms with Gasteiger partial charge >= 0.3 is 0 Å². The van der Waals surface area contributed by atoms with E-state index in [0.717, 1.165) is 25.3 Å². The Morgan fingerprint density at radius 1 is 1.06 bits per heavy atom. The number of sulfonamides is 1. The maximum atomic E-state index is 13.4. The molecule has 0 aliphatic heterocycles. The molecule has 2 amide bonds. The second kappa shape index (κ2) is 11.1. The Kier molecular flexibility index (Phi) is 9.08. The molecule has 174 valence electrons. The summed E-state index contributed by atoms with van der Waals surface area (Å²) < 4.78 is 27.0. The van der Waals surface area contributed by atoms with Crippen LogP contribution in [0.4, 0.5) is 5.69 Å². The number of amides is 2. The van der Waals surface area contributed by atoms with Crippen molar-refractivity contribution in [2.45, 2.75) is 46.3 Å². The van der Waals surface area contributed by atoms with E-state index in [-0.39, 0.29) is 18.5 Å². The lowest BCUT2D eigenvalue weighted by molar-refractivity contribution is -0.139. The van der Waals surface area contributed by atoms with Crippen LogP contribution in [0.15, 0.2) is 48.5 Å². The molecule has 0 unspecified atom stereocenters. The lowest BCUT2D eigenvalue weighted by Gasteiger charge is -2.32. The van der Waals surface area contributed by atoms with E-state index in [2.05, 4.69) is 27.9 Å². The summed E-state index contributed by atoms with van der Waals surface area (Å²) >= 11 is 2.13. The molecule has 0 aromatic heterocycles. The van der Waals surface area contributed by atoms with Gasteiger partial charge in [-0.05, 0) is 80.1 Å². The minimum atomic E-state index is -3.72. The Morgan fingerprint density at radius 2 is 1.69 bits per heavy atom. The number of hydrogen-bond acceptors (Lipinski definition) is 4. The first-order valence-electron chi connectivity index (χ1n) is 10.3. The number of anilines is 1. The SMILES string of the molecule is Cc1cccc(CN(C(=O)CN(c2ccc(I)cc2)S(C)(=O)=O)[C@@H](C)C(=O)NC(C)C)c1. The van der Waals surface area contributed by atoms with Crippen molar-refractivity contribution in [2.75, 3.05) is 17.1 Å². The number of benzene rings is 2. The third-order valence-electron chi connectivity index (χ3n) is 4.83. The van der Waals surface area contributed by atoms with Crippen molar-refractivity contribution in [3.8, 4) is 0 Å². The van der Waals surface area contributed by atoms with Crippen LogP contribution in [0.3, 0.4) is 0 Å². The number of carbonyl (C=O) groups is 2. The molecule has 2 aromatic carbocycles. The van der Waals surface area contributed by atoms with Crippen LogP contribution in [0.2, 0.25) is 0 Å². The van der Waals surface area contributed by atoms with Crippen LogP contribution in [-0.4, -0.2) is 50.0 Å². The molecule has 7 nitrogen and oxygen atoms in total. The van der Waals surface area contributed by atoms with E-state index < -0.39 is 28.5 Å². The zero-order valence-corrected chi connectivity index (χ0v) is 22.0. The van der Waals surface area contributed by atoms with E-state index in [1.54, 1.807) is 31.2 Å². The number of nitrogens with one attached hydrogen (secondary N) is 1. The van der Waals surface area contributed by atoms with Gasteiger partial charge < -0.3 is 10.2 Å². The number of carbonyl (C=O) groups excluding carboxylic acids is 2. The van der Waals surface area contributed by atoms with Gasteiger partial charge in [0, 0.05) is 16.2 Å². The van der Waals surface area contributed by atoms with E-state index in [9.17, 15) is 18.0 Å². The van der Waals surface area contributed by atoms with Gasteiger partial charge in [0.2, 0.25) is 21.8 Å². The molecule has 1 N–H and O–H groups in total. The summed E-state index contributed by atoms with van der Waals surface area (Å²) in [7, 11) is -3.72. The van der Waals surface area contributed by atoms with Crippen LogP contribution in [0.1, 0.15) is 31.9 Å². The Hall–Kier alpha value is -2.14. The average Bonchev–Trinajstić information content (AvgIpc) is 2.69. The highest BCUT2D eigenvalue weighted by molar-refractivity contribution is 14.1. The van der Waals surface area contributed by atoms with Crippen molar-refractivity contribution in [2.24, 2.45) is 0 Å². The fourth-order valence-corrected chi connectivity index (χ4v) is 4.43. The van der Waals surface area contributed by atoms with Gasteiger partial charge in [0.25, 0.3) is 0 Å². The molecular weight excluding hydrogens is 541 g/mol. The average molecular weight is 571 g/mol. The summed E-state index contributed by atoms with van der Waals surface area (Å²) in [4.78, 5) is 27.5. The van der Waals surface area contributed by atoms with E-state index in [1.165, 1.54) is 4.90 Å². The third kappa shape index (κ3) is 7.47. The lowest BCUT2D eigenvalue weighted by atomic mass is 10.1. The number of halogens is 1. The van der Waals surface area contributed by atoms with Gasteiger partial charge in [0.15, 0.2) is 0 Å². The molecule has 0 fully saturated rings. The van der Waals surface area contributed by atoms with Gasteiger partial charge in [-0.1, -0.05) is 29.8 Å². The van der Waals surface area contributed by atoms with Crippen LogP contribution < -0.4 is 9.62 Å². The van der Waals surface area contributed by atoms with Gasteiger partial charge in [0.1, 0.15) is 12.6 Å². The summed E-state index contributed by atoms with van der Waals surface area (Å²) in [6.45, 7) is 7.09. The molecule has 0 aliphatic carbocycles. The van der Waals surface area contributed by atoms with E-state index in [0.29, 0.717) is 5.69 Å². The van der Waals surface area contributed by atoms with Gasteiger partial charge in [-0.3, -0.25) is 13.9 Å². The fourth-order valence-electron chi connectivity index (χ4n) is 3.22. The van der Waals surface area contributed by atoms with Crippen molar-refractivity contribution < 1.29 is 18.0 Å². The number of aryl methyl sites for hydroxylation is 1. The first kappa shape index (κ1) is 26.1. The monoisotopic (exact) mass is 571 g/mol. The predicted molar refractivity (Wildman–Crippen MR) is 136 cm³/mol. The van der Waals surface area contributed by atoms with E-state index >= 15 is 0 Å². The van der Waals surface area contributed by atoms with Crippen LogP contribution in [0, 0.1) is 10.5 Å². The Labute approximate surface area is 204 Å². The maximum absolute atomic E-state index is 13.4. The highest BCUT2D eigenvalue weighted by Gasteiger charge is 2.30. The molecule has 0 radical (unpaired) electrons. The molecule has 0 spiro atoms. The topological polar surface area (TPSA) is 86.8 Å². The van der Waals surface area contributed by atoms with Crippen LogP contribution >= 0.6 is 22.6 Å². The van der Waals surface area contributed by atoms with Crippen molar-refractivity contribution in [3.63, 3.8) is 0 Å². The highest BCUT2D eigenvalue weighted by atomic mass is 127. The smallest absolute Gasteiger partial charge is 0.244 e. The highest BCUT2D eigenvalue weighted by Crippen LogP contribution is 2.20. The predicted octanol–water partition coefficient (Wildman–Crippen LogP) is 3.31. The van der Waals surface area contributed by atoms with Crippen molar-refractivity contribution in [3.05, 3.63) is 63.2 Å². The summed E-state index contributed by atoms with van der Waals surface area (Å²) in [6, 6.07) is 13.7. The molecule has 32 heavy (non-hydrogen) atoms. The molecule has 9 heteroatoms. The van der Waals surface area contributed by atoms with Gasteiger partial charge in [-0.2, -0.15) is 0 Å². The second-order valence-corrected chi connectivity index (χ2v) is 11.2.